The van der Waals surface area contributed by atoms with Crippen molar-refractivity contribution in [2.24, 2.45) is 11.3 Å². The summed E-state index contributed by atoms with van der Waals surface area (Å²) in [6.07, 6.45) is 15.0. The number of allylic oxidation sites excluding steroid dienone is 1. The number of hydrogen-bond acceptors (Lipinski definition) is 11. The third-order valence-corrected chi connectivity index (χ3v) is 15.6. The van der Waals surface area contributed by atoms with Gasteiger partial charge in [-0.1, -0.05) is 32.9 Å². The van der Waals surface area contributed by atoms with Crippen LogP contribution in [0.1, 0.15) is 126 Å². The Balaban J connectivity index is 0.794. The van der Waals surface area contributed by atoms with Crippen LogP contribution in [0.3, 0.4) is 0 Å². The zero-order valence-corrected chi connectivity index (χ0v) is 40.5. The molecule has 16 nitrogen and oxygen atoms in total. The van der Waals surface area contributed by atoms with E-state index in [1.165, 1.54) is 6.07 Å². The number of imide groups is 1. The Hall–Kier alpha value is -6.41. The molecule has 3 aromatic heterocycles. The van der Waals surface area contributed by atoms with Crippen molar-refractivity contribution in [1.29, 1.82) is 5.26 Å². The van der Waals surface area contributed by atoms with E-state index >= 15 is 4.39 Å². The lowest BCUT2D eigenvalue weighted by atomic mass is 9.69. The van der Waals surface area contributed by atoms with E-state index in [2.05, 4.69) is 76.0 Å². The molecule has 1 aromatic carbocycles. The first-order valence-electron chi connectivity index (χ1n) is 24.8. The number of piperidine rings is 4. The number of amides is 4. The van der Waals surface area contributed by atoms with E-state index in [9.17, 15) is 24.4 Å². The summed E-state index contributed by atoms with van der Waals surface area (Å²) in [5, 5.41) is 28.2. The minimum atomic E-state index is -0.574. The van der Waals surface area contributed by atoms with E-state index in [1.54, 1.807) is 18.3 Å². The molecular weight excluding hydrogens is 876 g/mol. The minimum Gasteiger partial charge on any atom is -0.374 e. The number of aromatic nitrogens is 5. The van der Waals surface area contributed by atoms with E-state index in [1.807, 2.05) is 46.6 Å². The van der Waals surface area contributed by atoms with Crippen LogP contribution in [0, 0.1) is 28.5 Å². The Bertz CT molecular complexity index is 2640. The second-order valence-corrected chi connectivity index (χ2v) is 20.7. The first kappa shape index (κ1) is 47.6. The van der Waals surface area contributed by atoms with Gasteiger partial charge in [0.25, 0.3) is 0 Å². The molecule has 3 N–H and O–H groups in total. The van der Waals surface area contributed by atoms with Crippen LogP contribution in [0.2, 0.25) is 0 Å². The first-order valence-corrected chi connectivity index (χ1v) is 24.8. The highest BCUT2D eigenvalue weighted by atomic mass is 19.1. The zero-order chi connectivity index (χ0) is 48.6. The largest absolute Gasteiger partial charge is 0.374 e. The number of rotatable bonds is 12. The molecule has 4 amide bonds. The number of benzene rings is 1. The Labute approximate surface area is 403 Å². The van der Waals surface area contributed by atoms with Gasteiger partial charge in [-0.2, -0.15) is 15.5 Å². The van der Waals surface area contributed by atoms with Crippen LogP contribution in [0.25, 0.3) is 5.57 Å². The molecule has 17 heteroatoms. The second-order valence-electron chi connectivity index (χ2n) is 20.7. The van der Waals surface area contributed by atoms with Gasteiger partial charge in [-0.05, 0) is 114 Å². The summed E-state index contributed by atoms with van der Waals surface area (Å²) in [6.45, 7) is 15.5. The van der Waals surface area contributed by atoms with Crippen molar-refractivity contribution < 1.29 is 23.6 Å². The number of anilines is 2. The average molecular weight is 941 g/mol. The molecule has 9 rings (SSSR count). The monoisotopic (exact) mass is 941 g/mol. The molecule has 8 heterocycles. The maximum atomic E-state index is 15.3. The standard InChI is InChI=1S/C52H65FN12O4/c1-33(2)52(50(69)58-34(3)4)16-22-62(23-17-52)45-10-6-36(27-55-45)42-25-51(5,32-65-48(42)37(26-54)28-56-65)38-29-57-64(30-38)40-14-20-63(21-15-40)47(67)31-61-18-12-35(13-19-61)41-8-7-39(24-43(41)53)59-44-9-11-46(66)60-49(44)68/h6-8,10,24-25,27-30,33-35,40,44,59H,9,11-23,31-32H2,1-5H3,(H,58,69)(H,60,66,68). The summed E-state index contributed by atoms with van der Waals surface area (Å²) < 4.78 is 19.3. The van der Waals surface area contributed by atoms with Gasteiger partial charge in [-0.15, -0.1) is 0 Å². The van der Waals surface area contributed by atoms with Crippen LogP contribution in [0.5, 0.6) is 0 Å². The maximum Gasteiger partial charge on any atom is 0.249 e. The van der Waals surface area contributed by atoms with Crippen molar-refractivity contribution in [2.75, 3.05) is 56.0 Å². The second kappa shape index (κ2) is 19.5. The van der Waals surface area contributed by atoms with Crippen molar-refractivity contribution in [3.8, 4) is 6.07 Å². The van der Waals surface area contributed by atoms with Crippen molar-refractivity contribution in [1.82, 2.24) is 45.0 Å². The molecule has 0 saturated carbocycles. The van der Waals surface area contributed by atoms with Gasteiger partial charge in [0.05, 0.1) is 48.2 Å². The van der Waals surface area contributed by atoms with Crippen molar-refractivity contribution in [2.45, 2.75) is 122 Å². The van der Waals surface area contributed by atoms with Crippen LogP contribution in [-0.2, 0) is 31.1 Å². The third kappa shape index (κ3) is 9.77. The number of fused-ring (bicyclic) bond motifs is 1. The molecule has 69 heavy (non-hydrogen) atoms. The maximum absolute atomic E-state index is 15.3. The highest BCUT2D eigenvalue weighted by Crippen LogP contribution is 2.43. The summed E-state index contributed by atoms with van der Waals surface area (Å²) in [4.78, 5) is 61.9. The van der Waals surface area contributed by atoms with Gasteiger partial charge >= 0.3 is 0 Å². The third-order valence-electron chi connectivity index (χ3n) is 15.6. The zero-order valence-electron chi connectivity index (χ0n) is 40.5. The van der Waals surface area contributed by atoms with Crippen LogP contribution in [0.4, 0.5) is 15.9 Å². The van der Waals surface area contributed by atoms with E-state index in [-0.39, 0.29) is 53.9 Å². The molecule has 4 aromatic rings. The molecule has 0 spiro atoms. The predicted molar refractivity (Wildman–Crippen MR) is 259 cm³/mol. The van der Waals surface area contributed by atoms with Crippen LogP contribution >= 0.6 is 0 Å². The van der Waals surface area contributed by atoms with Crippen LogP contribution in [-0.4, -0.2) is 116 Å². The first-order chi connectivity index (χ1) is 33.1. The molecule has 364 valence electrons. The average Bonchev–Trinajstić information content (AvgIpc) is 4.01. The van der Waals surface area contributed by atoms with E-state index in [4.69, 9.17) is 10.1 Å². The highest BCUT2D eigenvalue weighted by molar-refractivity contribution is 6.01. The summed E-state index contributed by atoms with van der Waals surface area (Å²) in [7, 11) is 0. The molecule has 5 aliphatic heterocycles. The van der Waals surface area contributed by atoms with Gasteiger partial charge in [0.1, 0.15) is 23.7 Å². The topological polar surface area (TPSA) is 186 Å². The number of hydrogen-bond donors (Lipinski definition) is 3. The van der Waals surface area contributed by atoms with E-state index in [0.717, 1.165) is 79.8 Å². The fraction of sp³-hybridized carbons (Fsp3) is 0.538. The quantitative estimate of drug-likeness (QED) is 0.143. The van der Waals surface area contributed by atoms with Gasteiger partial charge in [0.2, 0.25) is 23.6 Å². The number of carbonyl (C=O) groups excluding carboxylic acids is 4. The van der Waals surface area contributed by atoms with Gasteiger partial charge in [-0.25, -0.2) is 9.37 Å². The molecule has 0 aliphatic carbocycles. The molecule has 4 saturated heterocycles. The van der Waals surface area contributed by atoms with E-state index < -0.39 is 22.8 Å². The number of carbonyl (C=O) groups is 4. The van der Waals surface area contributed by atoms with Crippen molar-refractivity contribution >= 4 is 40.7 Å². The Morgan fingerprint density at radius 1 is 0.942 bits per heavy atom. The summed E-state index contributed by atoms with van der Waals surface area (Å²) >= 11 is 0. The fourth-order valence-corrected chi connectivity index (χ4v) is 11.2. The predicted octanol–water partition coefficient (Wildman–Crippen LogP) is 5.92. The van der Waals surface area contributed by atoms with Crippen molar-refractivity contribution in [3.63, 3.8) is 0 Å². The lowest BCUT2D eigenvalue weighted by Crippen LogP contribution is -2.53. The molecule has 4 fully saturated rings. The Morgan fingerprint density at radius 2 is 1.70 bits per heavy atom. The molecule has 5 aliphatic rings. The van der Waals surface area contributed by atoms with Crippen LogP contribution in [0.15, 0.2) is 61.2 Å². The Morgan fingerprint density at radius 3 is 2.35 bits per heavy atom. The van der Waals surface area contributed by atoms with Gasteiger partial charge in [-0.3, -0.25) is 38.8 Å². The smallest absolute Gasteiger partial charge is 0.249 e. The number of nitriles is 1. The normalized spacial score (nSPS) is 22.5. The number of halogens is 1. The molecule has 0 radical (unpaired) electrons. The number of likely N-dealkylation sites (tertiary alicyclic amines) is 2. The van der Waals surface area contributed by atoms with Crippen LogP contribution < -0.4 is 20.9 Å². The van der Waals surface area contributed by atoms with E-state index in [0.29, 0.717) is 62.5 Å². The highest BCUT2D eigenvalue weighted by Gasteiger charge is 2.44. The summed E-state index contributed by atoms with van der Waals surface area (Å²) in [5.41, 5.74) is 4.37. The molecule has 2 atom stereocenters. The number of nitrogens with one attached hydrogen (secondary N) is 3. The van der Waals surface area contributed by atoms with Gasteiger partial charge in [0, 0.05) is 78.8 Å². The summed E-state index contributed by atoms with van der Waals surface area (Å²) in [5.74, 6) is 0.374. The lowest BCUT2D eigenvalue weighted by molar-refractivity contribution is -0.136. The SMILES string of the molecule is CC(C)NC(=O)C1(C(C)C)CCN(c2ccc(C3=CC(C)(c4cnn(C5CCN(C(=O)CN6CCC(c7ccc(NC8CCC(=O)NC8=O)cc7F)CC6)CC5)c4)Cn4ncc(C#N)c43)cn2)CC1. The minimum absolute atomic E-state index is 0.0400. The van der Waals surface area contributed by atoms with Gasteiger partial charge in [0.15, 0.2) is 0 Å². The molecular formula is C52H65FN12O4. The molecule has 0 bridgehead atoms. The number of pyridine rings is 1. The van der Waals surface area contributed by atoms with Crippen molar-refractivity contribution in [3.05, 3.63) is 95.0 Å². The summed E-state index contributed by atoms with van der Waals surface area (Å²) in [6, 6.07) is 11.1. The number of nitrogens with zero attached hydrogens (tertiary/aromatic N) is 9. The van der Waals surface area contributed by atoms with Gasteiger partial charge < -0.3 is 20.4 Å². The molecule has 2 unspecified atom stereocenters. The fourth-order valence-electron chi connectivity index (χ4n) is 11.2. The lowest BCUT2D eigenvalue weighted by Gasteiger charge is -2.44. The Kier molecular flexibility index (Phi) is 13.5.